The fourth-order valence-corrected chi connectivity index (χ4v) is 2.49. The van der Waals surface area contributed by atoms with E-state index in [-0.39, 0.29) is 23.5 Å². The molecule has 1 aromatic carbocycles. The largest absolute Gasteiger partial charge is 0.391 e. The Labute approximate surface area is 147 Å². The van der Waals surface area contributed by atoms with Gasteiger partial charge in [0.25, 0.3) is 0 Å². The van der Waals surface area contributed by atoms with E-state index in [0.717, 1.165) is 5.56 Å². The lowest BCUT2D eigenvalue weighted by Gasteiger charge is -2.17. The second-order valence-corrected chi connectivity index (χ2v) is 6.10. The summed E-state index contributed by atoms with van der Waals surface area (Å²) in [5, 5.41) is 16.2. The van der Waals surface area contributed by atoms with Gasteiger partial charge in [-0.1, -0.05) is 41.9 Å². The van der Waals surface area contributed by atoms with Crippen LogP contribution in [0.25, 0.3) is 0 Å². The molecule has 0 aliphatic carbocycles. The molecule has 0 aliphatic rings. The summed E-state index contributed by atoms with van der Waals surface area (Å²) in [7, 11) is 0. The molecule has 0 aliphatic heterocycles. The van der Waals surface area contributed by atoms with Crippen molar-refractivity contribution in [2.45, 2.75) is 31.9 Å². The maximum absolute atomic E-state index is 12.0. The smallest absolute Gasteiger partial charge is 0.226 e. The van der Waals surface area contributed by atoms with Crippen LogP contribution in [0.15, 0.2) is 48.7 Å². The molecule has 0 bridgehead atoms. The summed E-state index contributed by atoms with van der Waals surface area (Å²) >= 11 is 5.91. The minimum atomic E-state index is -0.495. The molecule has 5 nitrogen and oxygen atoms in total. The van der Waals surface area contributed by atoms with Crippen molar-refractivity contribution in [1.82, 2.24) is 10.3 Å². The van der Waals surface area contributed by atoms with E-state index in [0.29, 0.717) is 18.7 Å². The summed E-state index contributed by atoms with van der Waals surface area (Å²) in [6, 6.07) is 13.2. The Hall–Kier alpha value is -1.95. The zero-order valence-corrected chi connectivity index (χ0v) is 14.3. The number of hydrogen-bond acceptors (Lipinski definition) is 4. The van der Waals surface area contributed by atoms with Gasteiger partial charge in [-0.2, -0.15) is 0 Å². The molecule has 128 valence electrons. The molecule has 24 heavy (non-hydrogen) atoms. The Kier molecular flexibility index (Phi) is 7.18. The molecule has 2 atom stereocenters. The number of nitrogens with one attached hydrogen (secondary N) is 2. The molecular formula is C18H22ClN3O2. The molecule has 1 amide bonds. The average molecular weight is 348 g/mol. The summed E-state index contributed by atoms with van der Waals surface area (Å²) in [4.78, 5) is 15.9. The van der Waals surface area contributed by atoms with Gasteiger partial charge in [0.15, 0.2) is 5.15 Å². The highest BCUT2D eigenvalue weighted by Gasteiger charge is 2.13. The Morgan fingerprint density at radius 3 is 2.71 bits per heavy atom. The van der Waals surface area contributed by atoms with Crippen LogP contribution in [0.5, 0.6) is 0 Å². The number of amides is 1. The molecule has 0 saturated carbocycles. The van der Waals surface area contributed by atoms with Gasteiger partial charge in [0.2, 0.25) is 5.91 Å². The van der Waals surface area contributed by atoms with Crippen LogP contribution in [0.2, 0.25) is 5.15 Å². The number of benzene rings is 1. The van der Waals surface area contributed by atoms with E-state index < -0.39 is 6.10 Å². The third-order valence-corrected chi connectivity index (χ3v) is 3.84. The highest BCUT2D eigenvalue weighted by atomic mass is 35.5. The van der Waals surface area contributed by atoms with Crippen molar-refractivity contribution in [2.75, 3.05) is 11.9 Å². The fraction of sp³-hybridized carbons (Fsp3) is 0.333. The van der Waals surface area contributed by atoms with E-state index in [4.69, 9.17) is 11.6 Å². The number of aromatic nitrogens is 1. The van der Waals surface area contributed by atoms with E-state index in [1.165, 1.54) is 0 Å². The number of aliphatic hydroxyl groups excluding tert-OH is 1. The summed E-state index contributed by atoms with van der Waals surface area (Å²) in [6.07, 6.45) is 1.93. The highest BCUT2D eigenvalue weighted by Crippen LogP contribution is 2.17. The van der Waals surface area contributed by atoms with E-state index in [1.54, 1.807) is 18.3 Å². The number of carbonyl (C=O) groups excluding carboxylic acids is 1. The SMILES string of the molecule is CC(CC(=O)Nc1cccnc1Cl)NCC(O)Cc1ccccc1. The molecule has 1 aromatic heterocycles. The van der Waals surface area contributed by atoms with Gasteiger partial charge < -0.3 is 15.7 Å². The number of rotatable bonds is 8. The van der Waals surface area contributed by atoms with Crippen LogP contribution < -0.4 is 10.6 Å². The van der Waals surface area contributed by atoms with Crippen molar-refractivity contribution in [3.63, 3.8) is 0 Å². The standard InChI is InChI=1S/C18H22ClN3O2/c1-13(10-17(24)22-16-8-5-9-20-18(16)19)21-12-15(23)11-14-6-3-2-4-7-14/h2-9,13,15,21,23H,10-12H2,1H3,(H,22,24). The molecule has 6 heteroatoms. The van der Waals surface area contributed by atoms with Crippen LogP contribution in [0.3, 0.4) is 0 Å². The molecule has 0 radical (unpaired) electrons. The predicted octanol–water partition coefficient (Wildman–Crippen LogP) is 2.65. The van der Waals surface area contributed by atoms with Gasteiger partial charge in [-0.3, -0.25) is 4.79 Å². The van der Waals surface area contributed by atoms with Gasteiger partial charge >= 0.3 is 0 Å². The topological polar surface area (TPSA) is 74.2 Å². The monoisotopic (exact) mass is 347 g/mol. The van der Waals surface area contributed by atoms with Gasteiger partial charge in [-0.15, -0.1) is 0 Å². The zero-order chi connectivity index (χ0) is 17.4. The second-order valence-electron chi connectivity index (χ2n) is 5.75. The Balaban J connectivity index is 1.71. The van der Waals surface area contributed by atoms with Crippen LogP contribution >= 0.6 is 11.6 Å². The number of pyridine rings is 1. The molecule has 0 saturated heterocycles. The van der Waals surface area contributed by atoms with E-state index in [2.05, 4.69) is 15.6 Å². The van der Waals surface area contributed by atoms with Crippen molar-refractivity contribution in [3.05, 3.63) is 59.4 Å². The molecule has 2 rings (SSSR count). The maximum atomic E-state index is 12.0. The van der Waals surface area contributed by atoms with Crippen molar-refractivity contribution in [3.8, 4) is 0 Å². The molecule has 3 N–H and O–H groups in total. The van der Waals surface area contributed by atoms with Crippen LogP contribution in [-0.4, -0.2) is 34.7 Å². The quantitative estimate of drug-likeness (QED) is 0.642. The lowest BCUT2D eigenvalue weighted by molar-refractivity contribution is -0.116. The first kappa shape index (κ1) is 18.4. The Morgan fingerprint density at radius 2 is 2.00 bits per heavy atom. The van der Waals surface area contributed by atoms with E-state index >= 15 is 0 Å². The number of hydrogen-bond donors (Lipinski definition) is 3. The van der Waals surface area contributed by atoms with E-state index in [9.17, 15) is 9.90 Å². The van der Waals surface area contributed by atoms with Gasteiger partial charge in [0.1, 0.15) is 0 Å². The predicted molar refractivity (Wildman–Crippen MR) is 96.1 cm³/mol. The second kappa shape index (κ2) is 9.37. The summed E-state index contributed by atoms with van der Waals surface area (Å²) in [5.41, 5.74) is 1.59. The van der Waals surface area contributed by atoms with Gasteiger partial charge in [-0.05, 0) is 31.0 Å². The summed E-state index contributed by atoms with van der Waals surface area (Å²) in [5.74, 6) is -0.151. The number of nitrogens with zero attached hydrogens (tertiary/aromatic N) is 1. The summed E-state index contributed by atoms with van der Waals surface area (Å²) in [6.45, 7) is 2.33. The molecule has 0 fully saturated rings. The van der Waals surface area contributed by atoms with Crippen molar-refractivity contribution in [1.29, 1.82) is 0 Å². The van der Waals surface area contributed by atoms with Crippen LogP contribution in [0.4, 0.5) is 5.69 Å². The molecular weight excluding hydrogens is 326 g/mol. The number of anilines is 1. The van der Waals surface area contributed by atoms with E-state index in [1.807, 2.05) is 37.3 Å². The van der Waals surface area contributed by atoms with Crippen LogP contribution in [0, 0.1) is 0 Å². The number of carbonyl (C=O) groups is 1. The molecule has 0 spiro atoms. The van der Waals surface area contributed by atoms with Gasteiger partial charge in [-0.25, -0.2) is 4.98 Å². The van der Waals surface area contributed by atoms with Crippen molar-refractivity contribution >= 4 is 23.2 Å². The molecule has 1 heterocycles. The fourth-order valence-electron chi connectivity index (χ4n) is 2.33. The van der Waals surface area contributed by atoms with Crippen molar-refractivity contribution in [2.24, 2.45) is 0 Å². The highest BCUT2D eigenvalue weighted by molar-refractivity contribution is 6.32. The first-order valence-corrected chi connectivity index (χ1v) is 8.28. The maximum Gasteiger partial charge on any atom is 0.226 e. The van der Waals surface area contributed by atoms with Gasteiger partial charge in [0, 0.05) is 25.2 Å². The Morgan fingerprint density at radius 1 is 1.25 bits per heavy atom. The minimum absolute atomic E-state index is 0.0640. The molecule has 2 aromatic rings. The zero-order valence-electron chi connectivity index (χ0n) is 13.6. The van der Waals surface area contributed by atoms with Gasteiger partial charge in [0.05, 0.1) is 11.8 Å². The van der Waals surface area contributed by atoms with Crippen molar-refractivity contribution < 1.29 is 9.90 Å². The lowest BCUT2D eigenvalue weighted by atomic mass is 10.1. The minimum Gasteiger partial charge on any atom is -0.391 e. The molecule has 2 unspecified atom stereocenters. The third-order valence-electron chi connectivity index (χ3n) is 3.54. The first-order chi connectivity index (χ1) is 11.5. The van der Waals surface area contributed by atoms with Crippen LogP contribution in [0.1, 0.15) is 18.9 Å². The Bertz CT molecular complexity index is 652. The number of halogens is 1. The summed E-state index contributed by atoms with van der Waals surface area (Å²) < 4.78 is 0. The number of aliphatic hydroxyl groups is 1. The average Bonchev–Trinajstić information content (AvgIpc) is 2.56. The lowest BCUT2D eigenvalue weighted by Crippen LogP contribution is -2.37. The normalized spacial score (nSPS) is 13.3. The third kappa shape index (κ3) is 6.28. The first-order valence-electron chi connectivity index (χ1n) is 7.90. The van der Waals surface area contributed by atoms with Crippen LogP contribution in [-0.2, 0) is 11.2 Å².